The Morgan fingerprint density at radius 2 is 1.81 bits per heavy atom. The first-order chi connectivity index (χ1) is 12.2. The number of anilines is 1. The summed E-state index contributed by atoms with van der Waals surface area (Å²) in [5.74, 6) is -1.76. The zero-order valence-corrected chi connectivity index (χ0v) is 15.5. The molecule has 7 nitrogen and oxygen atoms in total. The Morgan fingerprint density at radius 1 is 1.15 bits per heavy atom. The van der Waals surface area contributed by atoms with Crippen molar-refractivity contribution in [2.24, 2.45) is 5.92 Å². The van der Waals surface area contributed by atoms with Crippen LogP contribution in [-0.2, 0) is 4.79 Å². The van der Waals surface area contributed by atoms with Crippen LogP contribution in [0.2, 0.25) is 0 Å². The molecule has 2 atom stereocenters. The molecular formula is C19H27N3O4. The maximum Gasteiger partial charge on any atom is 0.319 e. The number of carboxylic acids is 1. The summed E-state index contributed by atoms with van der Waals surface area (Å²) in [5.41, 5.74) is 0.248. The van der Waals surface area contributed by atoms with E-state index in [2.05, 4.69) is 16.0 Å². The fourth-order valence-corrected chi connectivity index (χ4v) is 3.34. The zero-order valence-electron chi connectivity index (χ0n) is 15.5. The molecule has 1 aromatic rings. The molecule has 142 valence electrons. The van der Waals surface area contributed by atoms with Gasteiger partial charge in [-0.25, -0.2) is 4.79 Å². The van der Waals surface area contributed by atoms with Crippen LogP contribution in [0.25, 0.3) is 0 Å². The van der Waals surface area contributed by atoms with Crippen LogP contribution in [0.4, 0.5) is 10.5 Å². The Morgan fingerprint density at radius 3 is 2.38 bits per heavy atom. The standard InChI is InChI=1S/C19H27N3O4/c1-12(2)20-18(26)21-14-9-7-13(8-10-14)16(23)22-19(3)11-5-4-6-15(19)17(24)25/h7-10,12,15H,4-6,11H2,1-3H3,(H,22,23)(H,24,25)(H2,20,21,26). The number of urea groups is 1. The highest BCUT2D eigenvalue weighted by Crippen LogP contribution is 2.34. The lowest BCUT2D eigenvalue weighted by molar-refractivity contribution is -0.145. The molecule has 1 fully saturated rings. The quantitative estimate of drug-likeness (QED) is 0.646. The minimum Gasteiger partial charge on any atom is -0.481 e. The summed E-state index contributed by atoms with van der Waals surface area (Å²) in [6.07, 6.45) is 2.97. The maximum atomic E-state index is 12.6. The second-order valence-corrected chi connectivity index (χ2v) is 7.34. The van der Waals surface area contributed by atoms with E-state index in [1.165, 1.54) is 0 Å². The largest absolute Gasteiger partial charge is 0.481 e. The van der Waals surface area contributed by atoms with Crippen molar-refractivity contribution in [3.63, 3.8) is 0 Å². The van der Waals surface area contributed by atoms with E-state index in [4.69, 9.17) is 0 Å². The number of nitrogens with one attached hydrogen (secondary N) is 3. The van der Waals surface area contributed by atoms with Crippen molar-refractivity contribution in [2.45, 2.75) is 58.0 Å². The molecule has 1 aliphatic rings. The molecule has 7 heteroatoms. The van der Waals surface area contributed by atoms with Crippen LogP contribution in [0.1, 0.15) is 56.8 Å². The van der Waals surface area contributed by atoms with Crippen LogP contribution in [0.15, 0.2) is 24.3 Å². The SMILES string of the molecule is CC(C)NC(=O)Nc1ccc(C(=O)NC2(C)CCCCC2C(=O)O)cc1. The molecule has 26 heavy (non-hydrogen) atoms. The van der Waals surface area contributed by atoms with Gasteiger partial charge in [0.15, 0.2) is 0 Å². The smallest absolute Gasteiger partial charge is 0.319 e. The molecule has 0 radical (unpaired) electrons. The predicted molar refractivity (Wildman–Crippen MR) is 99.2 cm³/mol. The van der Waals surface area contributed by atoms with Crippen molar-refractivity contribution in [3.8, 4) is 0 Å². The second-order valence-electron chi connectivity index (χ2n) is 7.34. The van der Waals surface area contributed by atoms with Crippen LogP contribution >= 0.6 is 0 Å². The monoisotopic (exact) mass is 361 g/mol. The summed E-state index contributed by atoms with van der Waals surface area (Å²) < 4.78 is 0. The van der Waals surface area contributed by atoms with Crippen molar-refractivity contribution < 1.29 is 19.5 Å². The number of rotatable bonds is 5. The lowest BCUT2D eigenvalue weighted by Crippen LogP contribution is -2.55. The molecule has 2 rings (SSSR count). The highest BCUT2D eigenvalue weighted by atomic mass is 16.4. The Labute approximate surface area is 153 Å². The minimum absolute atomic E-state index is 0.0264. The Bertz CT molecular complexity index is 672. The topological polar surface area (TPSA) is 108 Å². The van der Waals surface area contributed by atoms with E-state index in [-0.39, 0.29) is 18.0 Å². The number of carbonyl (C=O) groups is 3. The van der Waals surface area contributed by atoms with Gasteiger partial charge in [-0.3, -0.25) is 9.59 Å². The Hall–Kier alpha value is -2.57. The molecular weight excluding hydrogens is 334 g/mol. The minimum atomic E-state index is -0.872. The Balaban J connectivity index is 2.03. The van der Waals surface area contributed by atoms with Gasteiger partial charge in [-0.15, -0.1) is 0 Å². The molecule has 1 aliphatic carbocycles. The summed E-state index contributed by atoms with van der Waals surface area (Å²) in [6.45, 7) is 5.53. The summed E-state index contributed by atoms with van der Waals surface area (Å²) >= 11 is 0. The number of carbonyl (C=O) groups excluding carboxylic acids is 2. The van der Waals surface area contributed by atoms with E-state index < -0.39 is 17.4 Å². The van der Waals surface area contributed by atoms with Crippen molar-refractivity contribution in [1.82, 2.24) is 10.6 Å². The highest BCUT2D eigenvalue weighted by Gasteiger charge is 2.42. The van der Waals surface area contributed by atoms with Gasteiger partial charge >= 0.3 is 12.0 Å². The molecule has 4 N–H and O–H groups in total. The van der Waals surface area contributed by atoms with Gasteiger partial charge in [0.25, 0.3) is 5.91 Å². The van der Waals surface area contributed by atoms with E-state index in [1.54, 1.807) is 31.2 Å². The van der Waals surface area contributed by atoms with Gasteiger partial charge in [-0.05, 0) is 57.9 Å². The summed E-state index contributed by atoms with van der Waals surface area (Å²) in [5, 5.41) is 17.8. The number of hydrogen-bond donors (Lipinski definition) is 4. The van der Waals surface area contributed by atoms with Gasteiger partial charge in [0.2, 0.25) is 0 Å². The number of carboxylic acid groups (broad SMARTS) is 1. The third kappa shape index (κ3) is 4.97. The summed E-state index contributed by atoms with van der Waals surface area (Å²) in [7, 11) is 0. The van der Waals surface area contributed by atoms with Crippen molar-refractivity contribution in [3.05, 3.63) is 29.8 Å². The normalized spacial score (nSPS) is 22.5. The number of amides is 3. The average molecular weight is 361 g/mol. The lowest BCUT2D eigenvalue weighted by atomic mass is 9.73. The van der Waals surface area contributed by atoms with Gasteiger partial charge in [-0.1, -0.05) is 12.8 Å². The fraction of sp³-hybridized carbons (Fsp3) is 0.526. The van der Waals surface area contributed by atoms with Crippen LogP contribution in [0.3, 0.4) is 0 Å². The van der Waals surface area contributed by atoms with Crippen molar-refractivity contribution in [1.29, 1.82) is 0 Å². The molecule has 0 heterocycles. The van der Waals surface area contributed by atoms with Gasteiger partial charge < -0.3 is 21.1 Å². The summed E-state index contributed by atoms with van der Waals surface area (Å²) in [4.78, 5) is 35.8. The molecule has 0 saturated heterocycles. The van der Waals surface area contributed by atoms with Crippen LogP contribution in [-0.4, -0.2) is 34.6 Å². The fourth-order valence-electron chi connectivity index (χ4n) is 3.34. The van der Waals surface area contributed by atoms with Crippen LogP contribution in [0.5, 0.6) is 0 Å². The molecule has 0 aliphatic heterocycles. The third-order valence-corrected chi connectivity index (χ3v) is 4.73. The predicted octanol–water partition coefficient (Wildman–Crippen LogP) is 2.98. The van der Waals surface area contributed by atoms with Gasteiger partial charge in [-0.2, -0.15) is 0 Å². The van der Waals surface area contributed by atoms with E-state index in [0.29, 0.717) is 24.1 Å². The van der Waals surface area contributed by atoms with Gasteiger partial charge in [0.05, 0.1) is 11.5 Å². The first kappa shape index (κ1) is 19.8. The molecule has 1 saturated carbocycles. The molecule has 3 amide bonds. The van der Waals surface area contributed by atoms with Crippen molar-refractivity contribution >= 4 is 23.6 Å². The van der Waals surface area contributed by atoms with E-state index in [1.807, 2.05) is 13.8 Å². The number of benzene rings is 1. The third-order valence-electron chi connectivity index (χ3n) is 4.73. The van der Waals surface area contributed by atoms with Gasteiger partial charge in [0, 0.05) is 17.3 Å². The molecule has 0 aromatic heterocycles. The lowest BCUT2D eigenvalue weighted by Gasteiger charge is -2.39. The van der Waals surface area contributed by atoms with E-state index >= 15 is 0 Å². The maximum absolute atomic E-state index is 12.6. The second kappa shape index (κ2) is 8.21. The zero-order chi connectivity index (χ0) is 19.3. The van der Waals surface area contributed by atoms with Crippen LogP contribution < -0.4 is 16.0 Å². The first-order valence-electron chi connectivity index (χ1n) is 8.94. The van der Waals surface area contributed by atoms with E-state index in [9.17, 15) is 19.5 Å². The average Bonchev–Trinajstić information content (AvgIpc) is 2.54. The number of hydrogen-bond acceptors (Lipinski definition) is 3. The van der Waals surface area contributed by atoms with Gasteiger partial charge in [0.1, 0.15) is 0 Å². The highest BCUT2D eigenvalue weighted by molar-refractivity contribution is 5.96. The molecule has 2 unspecified atom stereocenters. The molecule has 1 aromatic carbocycles. The van der Waals surface area contributed by atoms with Crippen LogP contribution in [0, 0.1) is 5.92 Å². The summed E-state index contributed by atoms with van der Waals surface area (Å²) in [6, 6.07) is 6.24. The van der Waals surface area contributed by atoms with Crippen molar-refractivity contribution in [2.75, 3.05) is 5.32 Å². The molecule has 0 spiro atoms. The Kier molecular flexibility index (Phi) is 6.23. The molecule has 0 bridgehead atoms. The van der Waals surface area contributed by atoms with E-state index in [0.717, 1.165) is 12.8 Å². The number of aliphatic carboxylic acids is 1. The first-order valence-corrected chi connectivity index (χ1v) is 8.94.